The van der Waals surface area contributed by atoms with Crippen LogP contribution in [0.1, 0.15) is 6.92 Å². The van der Waals surface area contributed by atoms with Gasteiger partial charge >= 0.3 is 5.97 Å². The maximum absolute atomic E-state index is 11.0. The van der Waals surface area contributed by atoms with E-state index in [1.807, 2.05) is 0 Å². The highest BCUT2D eigenvalue weighted by atomic mass is 16.5. The number of esters is 1. The summed E-state index contributed by atoms with van der Waals surface area (Å²) in [5.41, 5.74) is 0. The number of ether oxygens (including phenoxy) is 2. The van der Waals surface area contributed by atoms with Crippen LogP contribution in [0.2, 0.25) is 0 Å². The molecule has 0 radical (unpaired) electrons. The Morgan fingerprint density at radius 3 is 2.91 bits per heavy atom. The van der Waals surface area contributed by atoms with Crippen LogP contribution in [0.25, 0.3) is 0 Å². The number of carbonyl (C=O) groups excluding carboxylic acids is 1. The van der Waals surface area contributed by atoms with Gasteiger partial charge in [0.15, 0.2) is 0 Å². The Kier molecular flexibility index (Phi) is 2.84. The van der Waals surface area contributed by atoms with Crippen LogP contribution in [0.5, 0.6) is 0 Å². The van der Waals surface area contributed by atoms with Crippen LogP contribution < -0.4 is 0 Å². The molecule has 4 heteroatoms. The summed E-state index contributed by atoms with van der Waals surface area (Å²) in [5, 5.41) is 9.16. The molecule has 64 valence electrons. The Morgan fingerprint density at radius 1 is 1.73 bits per heavy atom. The number of rotatable bonds is 2. The highest BCUT2D eigenvalue weighted by Gasteiger charge is 2.33. The van der Waals surface area contributed by atoms with E-state index in [0.717, 1.165) is 0 Å². The highest BCUT2D eigenvalue weighted by Crippen LogP contribution is 2.14. The molecule has 1 saturated heterocycles. The van der Waals surface area contributed by atoms with Crippen molar-refractivity contribution in [3.63, 3.8) is 0 Å². The van der Waals surface area contributed by atoms with Crippen molar-refractivity contribution in [3.05, 3.63) is 0 Å². The monoisotopic (exact) mass is 160 g/mol. The molecule has 1 rings (SSSR count). The lowest BCUT2D eigenvalue weighted by Crippen LogP contribution is -2.28. The van der Waals surface area contributed by atoms with E-state index in [4.69, 9.17) is 14.6 Å². The zero-order valence-corrected chi connectivity index (χ0v) is 6.45. The molecule has 2 atom stereocenters. The molecule has 0 aliphatic carbocycles. The van der Waals surface area contributed by atoms with E-state index >= 15 is 0 Å². The van der Waals surface area contributed by atoms with Gasteiger partial charge in [-0.1, -0.05) is 0 Å². The first kappa shape index (κ1) is 8.49. The van der Waals surface area contributed by atoms with Gasteiger partial charge in [-0.25, -0.2) is 0 Å². The molecule has 11 heavy (non-hydrogen) atoms. The minimum atomic E-state index is -0.686. The average molecular weight is 160 g/mol. The van der Waals surface area contributed by atoms with Crippen LogP contribution in [0.15, 0.2) is 0 Å². The van der Waals surface area contributed by atoms with Crippen molar-refractivity contribution in [1.29, 1.82) is 0 Å². The standard InChI is InChI=1S/C7H12O4/c1-2-11-7(9)5-3-10-4-6(5)8/h5-6,8H,2-4H2,1H3/t5-,6+/m0/s1. The van der Waals surface area contributed by atoms with Crippen LogP contribution in [-0.2, 0) is 14.3 Å². The topological polar surface area (TPSA) is 55.8 Å². The van der Waals surface area contributed by atoms with Gasteiger partial charge in [-0.05, 0) is 6.92 Å². The van der Waals surface area contributed by atoms with Crippen LogP contribution in [0.4, 0.5) is 0 Å². The average Bonchev–Trinajstić information content (AvgIpc) is 2.36. The largest absolute Gasteiger partial charge is 0.466 e. The van der Waals surface area contributed by atoms with Crippen LogP contribution >= 0.6 is 0 Å². The number of hydrogen-bond acceptors (Lipinski definition) is 4. The van der Waals surface area contributed by atoms with Gasteiger partial charge in [0.1, 0.15) is 5.92 Å². The molecule has 0 saturated carbocycles. The Hall–Kier alpha value is -0.610. The number of aliphatic hydroxyl groups is 1. The quantitative estimate of drug-likeness (QED) is 0.556. The van der Waals surface area contributed by atoms with Gasteiger partial charge in [0.25, 0.3) is 0 Å². The van der Waals surface area contributed by atoms with Gasteiger partial charge in [-0.2, -0.15) is 0 Å². The second-order valence-electron chi connectivity index (χ2n) is 2.46. The summed E-state index contributed by atoms with van der Waals surface area (Å²) in [6.45, 7) is 2.60. The van der Waals surface area contributed by atoms with E-state index < -0.39 is 12.0 Å². The third kappa shape index (κ3) is 1.91. The van der Waals surface area contributed by atoms with Crippen LogP contribution in [0, 0.1) is 5.92 Å². The second-order valence-corrected chi connectivity index (χ2v) is 2.46. The van der Waals surface area contributed by atoms with Gasteiger partial charge < -0.3 is 14.6 Å². The van der Waals surface area contributed by atoms with Crippen molar-refractivity contribution in [3.8, 4) is 0 Å². The third-order valence-corrected chi connectivity index (χ3v) is 1.64. The third-order valence-electron chi connectivity index (χ3n) is 1.64. The fourth-order valence-electron chi connectivity index (χ4n) is 1.02. The van der Waals surface area contributed by atoms with Crippen molar-refractivity contribution in [2.24, 2.45) is 5.92 Å². The molecule has 0 amide bonds. The van der Waals surface area contributed by atoms with E-state index in [0.29, 0.717) is 6.61 Å². The van der Waals surface area contributed by atoms with E-state index in [1.165, 1.54) is 0 Å². The summed E-state index contributed by atoms with van der Waals surface area (Å²) in [5.74, 6) is -0.840. The van der Waals surface area contributed by atoms with Crippen molar-refractivity contribution >= 4 is 5.97 Å². The van der Waals surface area contributed by atoms with Gasteiger partial charge in [0.2, 0.25) is 0 Å². The minimum Gasteiger partial charge on any atom is -0.466 e. The van der Waals surface area contributed by atoms with E-state index in [-0.39, 0.29) is 19.2 Å². The van der Waals surface area contributed by atoms with Gasteiger partial charge in [0.05, 0.1) is 25.9 Å². The van der Waals surface area contributed by atoms with E-state index in [2.05, 4.69) is 0 Å². The predicted molar refractivity (Wildman–Crippen MR) is 36.9 cm³/mol. The molecule has 0 aromatic heterocycles. The SMILES string of the molecule is CCOC(=O)[C@H]1COC[C@H]1O. The molecule has 1 aliphatic rings. The van der Waals surface area contributed by atoms with Crippen molar-refractivity contribution in [2.75, 3.05) is 19.8 Å². The lowest BCUT2D eigenvalue weighted by molar-refractivity contribution is -0.150. The zero-order valence-electron chi connectivity index (χ0n) is 6.45. The fourth-order valence-corrected chi connectivity index (χ4v) is 1.02. The number of carbonyl (C=O) groups is 1. The lowest BCUT2D eigenvalue weighted by Gasteiger charge is -2.09. The molecular weight excluding hydrogens is 148 g/mol. The van der Waals surface area contributed by atoms with Crippen molar-refractivity contribution in [2.45, 2.75) is 13.0 Å². The summed E-state index contributed by atoms with van der Waals surface area (Å²) in [4.78, 5) is 11.0. The maximum Gasteiger partial charge on any atom is 0.314 e. The molecule has 0 aromatic carbocycles. The van der Waals surface area contributed by atoms with Gasteiger partial charge in [-0.3, -0.25) is 4.79 Å². The molecule has 0 spiro atoms. The highest BCUT2D eigenvalue weighted by molar-refractivity contribution is 5.73. The fraction of sp³-hybridized carbons (Fsp3) is 0.857. The number of hydrogen-bond donors (Lipinski definition) is 1. The summed E-state index contributed by atoms with van der Waals surface area (Å²) in [6, 6.07) is 0. The molecule has 1 N–H and O–H groups in total. The molecule has 0 aromatic rings. The Morgan fingerprint density at radius 2 is 2.45 bits per heavy atom. The number of aliphatic hydroxyl groups excluding tert-OH is 1. The first-order chi connectivity index (χ1) is 5.25. The first-order valence-corrected chi connectivity index (χ1v) is 3.68. The predicted octanol–water partition coefficient (Wildman–Crippen LogP) is -0.443. The summed E-state index contributed by atoms with van der Waals surface area (Å²) in [7, 11) is 0. The van der Waals surface area contributed by atoms with Crippen LogP contribution in [0.3, 0.4) is 0 Å². The van der Waals surface area contributed by atoms with Crippen molar-refractivity contribution in [1.82, 2.24) is 0 Å². The Bertz CT molecular complexity index is 145. The smallest absolute Gasteiger partial charge is 0.314 e. The molecule has 1 fully saturated rings. The Balaban J connectivity index is 2.39. The summed E-state index contributed by atoms with van der Waals surface area (Å²) in [6.07, 6.45) is -0.686. The van der Waals surface area contributed by atoms with Crippen molar-refractivity contribution < 1.29 is 19.4 Å². The van der Waals surface area contributed by atoms with Gasteiger partial charge in [0, 0.05) is 0 Å². The van der Waals surface area contributed by atoms with Crippen LogP contribution in [-0.4, -0.2) is 37.0 Å². The van der Waals surface area contributed by atoms with E-state index in [9.17, 15) is 4.79 Å². The Labute approximate surface area is 65.1 Å². The molecule has 4 nitrogen and oxygen atoms in total. The molecule has 1 heterocycles. The molecule has 1 aliphatic heterocycles. The summed E-state index contributed by atoms with van der Waals surface area (Å²) >= 11 is 0. The zero-order chi connectivity index (χ0) is 8.27. The molecular formula is C7H12O4. The van der Waals surface area contributed by atoms with E-state index in [1.54, 1.807) is 6.92 Å². The summed E-state index contributed by atoms with van der Waals surface area (Å²) < 4.78 is 9.60. The lowest BCUT2D eigenvalue weighted by atomic mass is 10.1. The normalized spacial score (nSPS) is 30.4. The molecule has 0 bridgehead atoms. The molecule has 0 unspecified atom stereocenters. The maximum atomic E-state index is 11.0. The second kappa shape index (κ2) is 3.69. The van der Waals surface area contributed by atoms with Gasteiger partial charge in [-0.15, -0.1) is 0 Å². The first-order valence-electron chi connectivity index (χ1n) is 3.68. The minimum absolute atomic E-state index is 0.240.